The summed E-state index contributed by atoms with van der Waals surface area (Å²) in [5.41, 5.74) is 3.70. The lowest BCUT2D eigenvalue weighted by molar-refractivity contribution is -0.116. The van der Waals surface area contributed by atoms with Gasteiger partial charge in [0.25, 0.3) is 0 Å². The Kier molecular flexibility index (Phi) is 9.93. The van der Waals surface area contributed by atoms with Crippen LogP contribution >= 0.6 is 22.7 Å². The molecule has 0 spiro atoms. The van der Waals surface area contributed by atoms with Crippen molar-refractivity contribution in [3.63, 3.8) is 0 Å². The summed E-state index contributed by atoms with van der Waals surface area (Å²) in [5, 5.41) is 4.63. The number of hydrogen-bond donors (Lipinski definition) is 1. The number of ether oxygens (including phenoxy) is 2. The van der Waals surface area contributed by atoms with Crippen molar-refractivity contribution in [2.24, 2.45) is 0 Å². The van der Waals surface area contributed by atoms with E-state index in [9.17, 15) is 14.4 Å². The second-order valence-electron chi connectivity index (χ2n) is 13.9. The van der Waals surface area contributed by atoms with Gasteiger partial charge in [-0.3, -0.25) is 9.78 Å². The first-order valence-electron chi connectivity index (χ1n) is 15.8. The number of hydrogen-bond acceptors (Lipinski definition) is 9. The van der Waals surface area contributed by atoms with Crippen LogP contribution in [0.1, 0.15) is 72.3 Å². The van der Waals surface area contributed by atoms with Gasteiger partial charge in [0.1, 0.15) is 21.2 Å². The smallest absolute Gasteiger partial charge is 0.410 e. The number of fused-ring (bicyclic) bond motifs is 2. The summed E-state index contributed by atoms with van der Waals surface area (Å²) < 4.78 is 12.3. The Bertz CT molecular complexity index is 1770. The molecule has 4 heterocycles. The highest BCUT2D eigenvalue weighted by Crippen LogP contribution is 2.46. The minimum absolute atomic E-state index is 0.0958. The zero-order valence-electron chi connectivity index (χ0n) is 28.3. The molecule has 0 saturated heterocycles. The van der Waals surface area contributed by atoms with Crippen molar-refractivity contribution in [2.75, 3.05) is 18.4 Å². The monoisotopic (exact) mass is 677 g/mol. The third kappa shape index (κ3) is 8.47. The molecule has 0 unspecified atom stereocenters. The standard InChI is InChI=1S/C35H43N5O5S2/c1-21(2)40(33(43)45-35(6,7)8)18-14-28(41)38-31-29(24-13-17-39(20-27(24)47-31)32(42)44-34(3,4)5)30-37-25-19-23(9-10-26(25)46-30)22-11-15-36-16-12-22/h9-12,15-16,19,21H,13-14,17-18,20H2,1-8H3,(H,38,41). The Morgan fingerprint density at radius 2 is 1.68 bits per heavy atom. The number of amides is 3. The number of nitrogens with zero attached hydrogens (tertiary/aromatic N) is 4. The number of aromatic nitrogens is 2. The highest BCUT2D eigenvalue weighted by Gasteiger charge is 2.32. The highest BCUT2D eigenvalue weighted by molar-refractivity contribution is 7.23. The van der Waals surface area contributed by atoms with Crippen molar-refractivity contribution in [1.82, 2.24) is 19.8 Å². The largest absolute Gasteiger partial charge is 0.444 e. The number of carbonyl (C=O) groups is 3. The Hall–Kier alpha value is -4.03. The number of rotatable bonds is 7. The van der Waals surface area contributed by atoms with Crippen LogP contribution in [0.5, 0.6) is 0 Å². The SMILES string of the molecule is CC(C)N(CCC(=O)Nc1sc2c(c1-c1nc3cc(-c4ccncc4)ccc3s1)CCN(C(=O)OC(C)(C)C)C2)C(=O)OC(C)(C)C. The average molecular weight is 678 g/mol. The maximum absolute atomic E-state index is 13.5. The van der Waals surface area contributed by atoms with Gasteiger partial charge in [-0.25, -0.2) is 14.6 Å². The molecule has 1 aromatic carbocycles. The van der Waals surface area contributed by atoms with Gasteiger partial charge in [-0.15, -0.1) is 22.7 Å². The first-order valence-corrected chi connectivity index (χ1v) is 17.4. The zero-order valence-corrected chi connectivity index (χ0v) is 29.9. The molecule has 5 rings (SSSR count). The summed E-state index contributed by atoms with van der Waals surface area (Å²) in [4.78, 5) is 52.7. The minimum atomic E-state index is -0.638. The molecule has 1 aliphatic rings. The molecule has 3 aromatic heterocycles. The normalized spacial score (nSPS) is 13.4. The number of thiophene rings is 1. The van der Waals surface area contributed by atoms with Crippen molar-refractivity contribution < 1.29 is 23.9 Å². The van der Waals surface area contributed by atoms with Crippen molar-refractivity contribution in [2.45, 2.75) is 92.0 Å². The van der Waals surface area contributed by atoms with E-state index in [2.05, 4.69) is 28.5 Å². The molecule has 0 aliphatic carbocycles. The van der Waals surface area contributed by atoms with Crippen LogP contribution in [0, 0.1) is 0 Å². The molecule has 0 atom stereocenters. The molecule has 10 nitrogen and oxygen atoms in total. The number of pyridine rings is 1. The van der Waals surface area contributed by atoms with E-state index in [1.54, 1.807) is 33.5 Å². The molecule has 0 radical (unpaired) electrons. The maximum atomic E-state index is 13.5. The summed E-state index contributed by atoms with van der Waals surface area (Å²) in [5.74, 6) is -0.218. The highest BCUT2D eigenvalue weighted by atomic mass is 32.1. The van der Waals surface area contributed by atoms with Gasteiger partial charge in [-0.05, 0) is 103 Å². The fourth-order valence-corrected chi connectivity index (χ4v) is 7.62. The van der Waals surface area contributed by atoms with Gasteiger partial charge in [-0.1, -0.05) is 6.07 Å². The topological polar surface area (TPSA) is 114 Å². The number of anilines is 1. The lowest BCUT2D eigenvalue weighted by Crippen LogP contribution is -2.42. The van der Waals surface area contributed by atoms with E-state index < -0.39 is 17.3 Å². The Labute approximate surface area is 284 Å². The Morgan fingerprint density at radius 3 is 2.34 bits per heavy atom. The molecule has 3 amide bonds. The summed E-state index contributed by atoms with van der Waals surface area (Å²) in [6.07, 6.45) is 3.44. The van der Waals surface area contributed by atoms with Crippen molar-refractivity contribution in [3.8, 4) is 21.7 Å². The molecule has 0 bridgehead atoms. The molecule has 1 N–H and O–H groups in total. The summed E-state index contributed by atoms with van der Waals surface area (Å²) >= 11 is 3.04. The van der Waals surface area contributed by atoms with Gasteiger partial charge in [0.15, 0.2) is 0 Å². The summed E-state index contributed by atoms with van der Waals surface area (Å²) in [6.45, 7) is 15.9. The van der Waals surface area contributed by atoms with Crippen LogP contribution in [-0.4, -0.2) is 68.2 Å². The van der Waals surface area contributed by atoms with E-state index in [0.717, 1.165) is 42.4 Å². The summed E-state index contributed by atoms with van der Waals surface area (Å²) in [7, 11) is 0. The van der Waals surface area contributed by atoms with Crippen LogP contribution in [0.25, 0.3) is 31.9 Å². The maximum Gasteiger partial charge on any atom is 0.410 e. The third-order valence-electron chi connectivity index (χ3n) is 7.41. The van der Waals surface area contributed by atoms with Crippen LogP contribution in [0.4, 0.5) is 14.6 Å². The number of carbonyl (C=O) groups excluding carboxylic acids is 3. The quantitative estimate of drug-likeness (QED) is 0.209. The predicted octanol–water partition coefficient (Wildman–Crippen LogP) is 8.35. The molecule has 4 aromatic rings. The Morgan fingerprint density at radius 1 is 0.979 bits per heavy atom. The number of benzene rings is 1. The molecular formula is C35H43N5O5S2. The molecular weight excluding hydrogens is 635 g/mol. The molecule has 12 heteroatoms. The van der Waals surface area contributed by atoms with Gasteiger partial charge in [0, 0.05) is 48.4 Å². The van der Waals surface area contributed by atoms with Crippen LogP contribution < -0.4 is 5.32 Å². The molecule has 250 valence electrons. The Balaban J connectivity index is 1.44. The fourth-order valence-electron chi connectivity index (χ4n) is 5.25. The average Bonchev–Trinajstić information content (AvgIpc) is 3.55. The number of thiazole rings is 1. The first kappa shape index (κ1) is 34.3. The van der Waals surface area contributed by atoms with Gasteiger partial charge < -0.3 is 24.6 Å². The van der Waals surface area contributed by atoms with Crippen molar-refractivity contribution in [1.29, 1.82) is 0 Å². The van der Waals surface area contributed by atoms with Crippen LogP contribution in [0.2, 0.25) is 0 Å². The van der Waals surface area contributed by atoms with E-state index in [-0.39, 0.29) is 31.0 Å². The van der Waals surface area contributed by atoms with E-state index in [0.29, 0.717) is 24.5 Å². The fraction of sp³-hybridized carbons (Fsp3) is 0.457. The van der Waals surface area contributed by atoms with E-state index in [1.165, 1.54) is 11.3 Å². The van der Waals surface area contributed by atoms with Gasteiger partial charge in [0.2, 0.25) is 5.91 Å². The molecule has 1 aliphatic heterocycles. The lowest BCUT2D eigenvalue weighted by atomic mass is 10.0. The minimum Gasteiger partial charge on any atom is -0.444 e. The zero-order chi connectivity index (χ0) is 34.1. The second-order valence-corrected chi connectivity index (χ2v) is 16.0. The summed E-state index contributed by atoms with van der Waals surface area (Å²) in [6, 6.07) is 10.0. The van der Waals surface area contributed by atoms with Crippen LogP contribution in [0.3, 0.4) is 0 Å². The van der Waals surface area contributed by atoms with E-state index in [4.69, 9.17) is 14.5 Å². The van der Waals surface area contributed by atoms with E-state index >= 15 is 0 Å². The molecule has 47 heavy (non-hydrogen) atoms. The van der Waals surface area contributed by atoms with Crippen molar-refractivity contribution in [3.05, 3.63) is 53.2 Å². The van der Waals surface area contributed by atoms with Crippen LogP contribution in [0.15, 0.2) is 42.7 Å². The second kappa shape index (κ2) is 13.6. The molecule has 0 fully saturated rings. The van der Waals surface area contributed by atoms with Gasteiger partial charge >= 0.3 is 12.2 Å². The van der Waals surface area contributed by atoms with Gasteiger partial charge in [-0.2, -0.15) is 0 Å². The first-order chi connectivity index (χ1) is 22.1. The van der Waals surface area contributed by atoms with E-state index in [1.807, 2.05) is 67.5 Å². The lowest BCUT2D eigenvalue weighted by Gasteiger charge is -2.30. The third-order valence-corrected chi connectivity index (χ3v) is 9.59. The number of nitrogens with one attached hydrogen (secondary N) is 1. The predicted molar refractivity (Wildman–Crippen MR) is 188 cm³/mol. The molecule has 0 saturated carbocycles. The van der Waals surface area contributed by atoms with Crippen molar-refractivity contribution >= 4 is 56.0 Å². The van der Waals surface area contributed by atoms with Crippen LogP contribution in [-0.2, 0) is 27.2 Å². The van der Waals surface area contributed by atoms with Gasteiger partial charge in [0.05, 0.1) is 16.8 Å².